The second-order valence-corrected chi connectivity index (χ2v) is 4.05. The van der Waals surface area contributed by atoms with Gasteiger partial charge in [-0.1, -0.05) is 11.6 Å². The number of carbonyl (C=O) groups excluding carboxylic acids is 1. The molecule has 6 heteroatoms. The Kier molecular flexibility index (Phi) is 3.84. The number of aromatic nitrogens is 1. The van der Waals surface area contributed by atoms with Crippen LogP contribution in [0.5, 0.6) is 0 Å². The van der Waals surface area contributed by atoms with Gasteiger partial charge in [0, 0.05) is 13.0 Å². The summed E-state index contributed by atoms with van der Waals surface area (Å²) in [6.45, 7) is 0.456. The van der Waals surface area contributed by atoms with Crippen molar-refractivity contribution in [1.82, 2.24) is 10.3 Å². The first kappa shape index (κ1) is 12.4. The van der Waals surface area contributed by atoms with E-state index in [-0.39, 0.29) is 16.6 Å². The molecule has 2 aromatic rings. The highest BCUT2D eigenvalue weighted by Crippen LogP contribution is 2.15. The molecule has 0 fully saturated rings. The summed E-state index contributed by atoms with van der Waals surface area (Å²) in [6.07, 6.45) is 3.61. The van der Waals surface area contributed by atoms with Gasteiger partial charge in [0.1, 0.15) is 10.9 Å². The number of furan rings is 1. The van der Waals surface area contributed by atoms with Gasteiger partial charge >= 0.3 is 0 Å². The minimum atomic E-state index is -0.300. The third-order valence-electron chi connectivity index (χ3n) is 2.34. The van der Waals surface area contributed by atoms with Crippen LogP contribution in [0.3, 0.4) is 0 Å². The average molecular weight is 266 g/mol. The lowest BCUT2D eigenvalue weighted by atomic mass is 10.2. The fraction of sp³-hybridized carbons (Fsp3) is 0.167. The summed E-state index contributed by atoms with van der Waals surface area (Å²) in [5, 5.41) is 2.86. The maximum atomic E-state index is 11.8. The summed E-state index contributed by atoms with van der Waals surface area (Å²) in [5.41, 5.74) is 6.23. The van der Waals surface area contributed by atoms with E-state index in [1.807, 2.05) is 6.07 Å². The van der Waals surface area contributed by atoms with Crippen molar-refractivity contribution in [2.45, 2.75) is 6.42 Å². The molecule has 0 bridgehead atoms. The summed E-state index contributed by atoms with van der Waals surface area (Å²) in [6, 6.07) is 5.15. The number of hydrogen-bond donors (Lipinski definition) is 2. The standard InChI is InChI=1S/C12H12ClN3O2/c13-11-10(6-8(14)7-16-11)12(17)15-4-3-9-2-1-5-18-9/h1-2,5-7H,3-4,14H2,(H,15,17). The van der Waals surface area contributed by atoms with Crippen molar-refractivity contribution in [3.05, 3.63) is 47.1 Å². The van der Waals surface area contributed by atoms with E-state index < -0.39 is 0 Å². The smallest absolute Gasteiger partial charge is 0.254 e. The van der Waals surface area contributed by atoms with Gasteiger partial charge in [-0.3, -0.25) is 4.79 Å². The van der Waals surface area contributed by atoms with Crippen molar-refractivity contribution in [3.63, 3.8) is 0 Å². The van der Waals surface area contributed by atoms with Gasteiger partial charge in [-0.05, 0) is 18.2 Å². The number of nitrogen functional groups attached to an aromatic ring is 1. The van der Waals surface area contributed by atoms with Crippen molar-refractivity contribution >= 4 is 23.2 Å². The Morgan fingerprint density at radius 1 is 1.56 bits per heavy atom. The first-order valence-corrected chi connectivity index (χ1v) is 5.76. The molecule has 0 aliphatic heterocycles. The molecule has 18 heavy (non-hydrogen) atoms. The molecule has 2 heterocycles. The zero-order valence-corrected chi connectivity index (χ0v) is 10.3. The van der Waals surface area contributed by atoms with Gasteiger partial charge < -0.3 is 15.5 Å². The van der Waals surface area contributed by atoms with Gasteiger partial charge in [0.05, 0.1) is 23.7 Å². The lowest BCUT2D eigenvalue weighted by Crippen LogP contribution is -2.26. The second-order valence-electron chi connectivity index (χ2n) is 3.69. The molecule has 94 valence electrons. The first-order valence-electron chi connectivity index (χ1n) is 5.38. The summed E-state index contributed by atoms with van der Waals surface area (Å²) >= 11 is 5.82. The lowest BCUT2D eigenvalue weighted by molar-refractivity contribution is 0.0953. The van der Waals surface area contributed by atoms with Gasteiger partial charge in [0.2, 0.25) is 0 Å². The van der Waals surface area contributed by atoms with Crippen LogP contribution >= 0.6 is 11.6 Å². The van der Waals surface area contributed by atoms with Crippen molar-refractivity contribution in [2.75, 3.05) is 12.3 Å². The van der Waals surface area contributed by atoms with Crippen LogP contribution in [0.25, 0.3) is 0 Å². The molecular formula is C12H12ClN3O2. The van der Waals surface area contributed by atoms with Gasteiger partial charge in [0.15, 0.2) is 0 Å². The Morgan fingerprint density at radius 2 is 2.39 bits per heavy atom. The van der Waals surface area contributed by atoms with E-state index in [2.05, 4.69) is 10.3 Å². The number of halogens is 1. The van der Waals surface area contributed by atoms with E-state index in [4.69, 9.17) is 21.8 Å². The number of anilines is 1. The SMILES string of the molecule is Nc1cnc(Cl)c(C(=O)NCCc2ccco2)c1. The molecule has 0 atom stereocenters. The predicted molar refractivity (Wildman–Crippen MR) is 68.4 cm³/mol. The van der Waals surface area contributed by atoms with E-state index in [0.717, 1.165) is 5.76 Å². The molecular weight excluding hydrogens is 254 g/mol. The second kappa shape index (κ2) is 5.55. The number of nitrogens with one attached hydrogen (secondary N) is 1. The van der Waals surface area contributed by atoms with E-state index in [1.54, 1.807) is 12.3 Å². The van der Waals surface area contributed by atoms with Gasteiger partial charge in [-0.2, -0.15) is 0 Å². The number of nitrogens with zero attached hydrogens (tertiary/aromatic N) is 1. The van der Waals surface area contributed by atoms with Gasteiger partial charge in [-0.25, -0.2) is 4.98 Å². The van der Waals surface area contributed by atoms with Crippen LogP contribution in [-0.4, -0.2) is 17.4 Å². The highest BCUT2D eigenvalue weighted by Gasteiger charge is 2.11. The molecule has 0 aliphatic rings. The average Bonchev–Trinajstić information content (AvgIpc) is 2.85. The van der Waals surface area contributed by atoms with E-state index in [0.29, 0.717) is 18.7 Å². The topological polar surface area (TPSA) is 81.1 Å². The highest BCUT2D eigenvalue weighted by molar-refractivity contribution is 6.32. The molecule has 0 unspecified atom stereocenters. The van der Waals surface area contributed by atoms with Crippen molar-refractivity contribution in [3.8, 4) is 0 Å². The van der Waals surface area contributed by atoms with Gasteiger partial charge in [0.25, 0.3) is 5.91 Å². The Labute approximate surface area is 109 Å². The summed E-state index contributed by atoms with van der Waals surface area (Å²) in [7, 11) is 0. The van der Waals surface area contributed by atoms with Crippen LogP contribution in [0, 0.1) is 0 Å². The normalized spacial score (nSPS) is 10.3. The minimum Gasteiger partial charge on any atom is -0.469 e. The van der Waals surface area contributed by atoms with Crippen molar-refractivity contribution in [2.24, 2.45) is 0 Å². The monoisotopic (exact) mass is 265 g/mol. The molecule has 2 aromatic heterocycles. The van der Waals surface area contributed by atoms with Crippen LogP contribution in [0.2, 0.25) is 5.15 Å². The quantitative estimate of drug-likeness (QED) is 0.827. The third-order valence-corrected chi connectivity index (χ3v) is 2.64. The van der Waals surface area contributed by atoms with Crippen LogP contribution in [0.15, 0.2) is 35.1 Å². The largest absolute Gasteiger partial charge is 0.469 e. The molecule has 0 aromatic carbocycles. The molecule has 0 saturated carbocycles. The fourth-order valence-electron chi connectivity index (χ4n) is 1.47. The van der Waals surface area contributed by atoms with Gasteiger partial charge in [-0.15, -0.1) is 0 Å². The molecule has 0 saturated heterocycles. The molecule has 1 amide bonds. The van der Waals surface area contributed by atoms with Crippen molar-refractivity contribution in [1.29, 1.82) is 0 Å². The number of pyridine rings is 1. The Balaban J connectivity index is 1.93. The maximum absolute atomic E-state index is 11.8. The Morgan fingerprint density at radius 3 is 3.11 bits per heavy atom. The fourth-order valence-corrected chi connectivity index (χ4v) is 1.66. The Bertz CT molecular complexity index is 540. The molecule has 0 spiro atoms. The summed E-state index contributed by atoms with van der Waals surface area (Å²) < 4.78 is 5.15. The molecule has 5 nitrogen and oxygen atoms in total. The summed E-state index contributed by atoms with van der Waals surface area (Å²) in [5.74, 6) is 0.512. The molecule has 3 N–H and O–H groups in total. The van der Waals surface area contributed by atoms with Crippen molar-refractivity contribution < 1.29 is 9.21 Å². The first-order chi connectivity index (χ1) is 8.66. The highest BCUT2D eigenvalue weighted by atomic mass is 35.5. The van der Waals surface area contributed by atoms with Crippen LogP contribution < -0.4 is 11.1 Å². The van der Waals surface area contributed by atoms with Crippen LogP contribution in [-0.2, 0) is 6.42 Å². The predicted octanol–water partition coefficient (Wildman–Crippen LogP) is 1.88. The lowest BCUT2D eigenvalue weighted by Gasteiger charge is -2.06. The van der Waals surface area contributed by atoms with E-state index in [9.17, 15) is 4.79 Å². The number of hydrogen-bond acceptors (Lipinski definition) is 4. The summed E-state index contributed by atoms with van der Waals surface area (Å²) in [4.78, 5) is 15.6. The number of nitrogens with two attached hydrogens (primary N) is 1. The number of carbonyl (C=O) groups is 1. The van der Waals surface area contributed by atoms with E-state index >= 15 is 0 Å². The number of amides is 1. The van der Waals surface area contributed by atoms with Crippen LogP contribution in [0.1, 0.15) is 16.1 Å². The third kappa shape index (κ3) is 3.01. The molecule has 0 radical (unpaired) electrons. The van der Waals surface area contributed by atoms with Crippen LogP contribution in [0.4, 0.5) is 5.69 Å². The Hall–Kier alpha value is -2.01. The number of rotatable bonds is 4. The molecule has 0 aliphatic carbocycles. The maximum Gasteiger partial charge on any atom is 0.254 e. The molecule has 2 rings (SSSR count). The minimum absolute atomic E-state index is 0.139. The van der Waals surface area contributed by atoms with E-state index in [1.165, 1.54) is 12.3 Å². The zero-order chi connectivity index (χ0) is 13.0. The zero-order valence-electron chi connectivity index (χ0n) is 9.52.